The molecular weight excluding hydrogens is 410 g/mol. The van der Waals surface area contributed by atoms with Gasteiger partial charge in [-0.2, -0.15) is 0 Å². The van der Waals surface area contributed by atoms with Crippen LogP contribution in [0.2, 0.25) is 0 Å². The predicted molar refractivity (Wildman–Crippen MR) is 131 cm³/mol. The number of benzene rings is 2. The monoisotopic (exact) mass is 441 g/mol. The number of carbonyl (C=O) groups excluding carboxylic acids is 1. The number of carbonyl (C=O) groups is 1. The van der Waals surface area contributed by atoms with Gasteiger partial charge in [-0.1, -0.05) is 57.2 Å². The molecule has 1 heterocycles. The Morgan fingerprint density at radius 3 is 2.50 bits per heavy atom. The van der Waals surface area contributed by atoms with Crippen molar-refractivity contribution in [1.82, 2.24) is 9.88 Å². The average molecular weight is 442 g/mol. The van der Waals surface area contributed by atoms with Crippen LogP contribution in [-0.4, -0.2) is 47.7 Å². The zero-order valence-electron chi connectivity index (χ0n) is 18.4. The van der Waals surface area contributed by atoms with Gasteiger partial charge in [0, 0.05) is 18.0 Å². The number of nitrogens with zero attached hydrogens (tertiary/aromatic N) is 3. The van der Waals surface area contributed by atoms with Gasteiger partial charge in [0.15, 0.2) is 5.13 Å². The molecule has 0 aliphatic heterocycles. The van der Waals surface area contributed by atoms with E-state index in [0.717, 1.165) is 57.6 Å². The summed E-state index contributed by atoms with van der Waals surface area (Å²) in [4.78, 5) is 23.8. The fourth-order valence-electron chi connectivity index (χ4n) is 3.43. The third-order valence-electron chi connectivity index (χ3n) is 5.28. The van der Waals surface area contributed by atoms with Crippen LogP contribution in [0.15, 0.2) is 47.4 Å². The van der Waals surface area contributed by atoms with E-state index >= 15 is 0 Å². The van der Waals surface area contributed by atoms with Gasteiger partial charge in [-0.05, 0) is 55.1 Å². The van der Waals surface area contributed by atoms with Crippen LogP contribution in [0, 0.1) is 0 Å². The molecule has 0 bridgehead atoms. The number of hydrogen-bond acceptors (Lipinski definition) is 5. The maximum Gasteiger partial charge on any atom is 0.261 e. The maximum absolute atomic E-state index is 13.7. The number of likely N-dealkylation sites (N-methyl/N-ethyl adjacent to an activating group) is 1. The number of rotatable bonds is 10. The van der Waals surface area contributed by atoms with E-state index in [1.807, 2.05) is 29.2 Å². The van der Waals surface area contributed by atoms with Crippen LogP contribution >= 0.6 is 23.1 Å². The molecule has 6 heteroatoms. The van der Waals surface area contributed by atoms with Gasteiger partial charge in [-0.15, -0.1) is 11.8 Å². The first-order valence-electron chi connectivity index (χ1n) is 10.8. The van der Waals surface area contributed by atoms with Gasteiger partial charge in [-0.25, -0.2) is 4.98 Å². The molecule has 2 aromatic carbocycles. The zero-order chi connectivity index (χ0) is 21.5. The summed E-state index contributed by atoms with van der Waals surface area (Å²) in [5.74, 6) is 0.971. The van der Waals surface area contributed by atoms with Crippen molar-refractivity contribution in [3.63, 3.8) is 0 Å². The van der Waals surface area contributed by atoms with Gasteiger partial charge in [0.25, 0.3) is 5.91 Å². The summed E-state index contributed by atoms with van der Waals surface area (Å²) in [6.45, 7) is 12.0. The van der Waals surface area contributed by atoms with E-state index in [1.165, 1.54) is 5.56 Å². The molecule has 0 atom stereocenters. The van der Waals surface area contributed by atoms with E-state index in [1.54, 1.807) is 23.1 Å². The van der Waals surface area contributed by atoms with Crippen LogP contribution < -0.4 is 4.90 Å². The maximum atomic E-state index is 13.7. The van der Waals surface area contributed by atoms with Gasteiger partial charge in [0.2, 0.25) is 0 Å². The highest BCUT2D eigenvalue weighted by Gasteiger charge is 2.24. The summed E-state index contributed by atoms with van der Waals surface area (Å²) in [6, 6.07) is 14.3. The molecule has 0 aliphatic carbocycles. The van der Waals surface area contributed by atoms with Crippen LogP contribution in [0.25, 0.3) is 10.2 Å². The molecule has 0 fully saturated rings. The normalized spacial score (nSPS) is 11.4. The third-order valence-corrected chi connectivity index (χ3v) is 7.27. The van der Waals surface area contributed by atoms with Gasteiger partial charge >= 0.3 is 0 Å². The van der Waals surface area contributed by atoms with Crippen molar-refractivity contribution in [2.24, 2.45) is 0 Å². The molecule has 3 rings (SSSR count). The number of amides is 1. The number of thiazole rings is 1. The van der Waals surface area contributed by atoms with Crippen LogP contribution in [0.3, 0.4) is 0 Å². The van der Waals surface area contributed by atoms with Gasteiger partial charge < -0.3 is 4.90 Å². The van der Waals surface area contributed by atoms with Crippen molar-refractivity contribution in [3.8, 4) is 0 Å². The number of aryl methyl sites for hydroxylation is 1. The topological polar surface area (TPSA) is 36.4 Å². The molecule has 4 nitrogen and oxygen atoms in total. The van der Waals surface area contributed by atoms with Crippen molar-refractivity contribution < 1.29 is 4.79 Å². The van der Waals surface area contributed by atoms with Crippen molar-refractivity contribution in [2.45, 2.75) is 39.0 Å². The molecule has 0 unspecified atom stereocenters. The first kappa shape index (κ1) is 22.8. The molecule has 3 aromatic rings. The predicted octanol–water partition coefficient (Wildman–Crippen LogP) is 5.96. The zero-order valence-corrected chi connectivity index (χ0v) is 20.0. The molecule has 0 spiro atoms. The molecular formula is C24H31N3OS2. The Kier molecular flexibility index (Phi) is 8.31. The molecule has 30 heavy (non-hydrogen) atoms. The van der Waals surface area contributed by atoms with Crippen molar-refractivity contribution >= 4 is 44.4 Å². The van der Waals surface area contributed by atoms with Crippen molar-refractivity contribution in [2.75, 3.05) is 36.8 Å². The highest BCUT2D eigenvalue weighted by atomic mass is 32.2. The lowest BCUT2D eigenvalue weighted by Gasteiger charge is -2.25. The van der Waals surface area contributed by atoms with E-state index < -0.39 is 0 Å². The Morgan fingerprint density at radius 1 is 1.03 bits per heavy atom. The molecule has 1 aromatic heterocycles. The summed E-state index contributed by atoms with van der Waals surface area (Å²) in [6.07, 6.45) is 0.995. The lowest BCUT2D eigenvalue weighted by molar-refractivity contribution is 0.0981. The van der Waals surface area contributed by atoms with Crippen LogP contribution in [0.1, 0.15) is 43.6 Å². The number of anilines is 1. The third kappa shape index (κ3) is 5.23. The summed E-state index contributed by atoms with van der Waals surface area (Å²) < 4.78 is 1.14. The van der Waals surface area contributed by atoms with Gasteiger partial charge in [0.1, 0.15) is 0 Å². The quantitative estimate of drug-likeness (QED) is 0.364. The minimum Gasteiger partial charge on any atom is -0.302 e. The first-order valence-corrected chi connectivity index (χ1v) is 12.6. The average Bonchev–Trinajstić information content (AvgIpc) is 3.20. The number of thioether (sulfide) groups is 1. The van der Waals surface area contributed by atoms with Crippen molar-refractivity contribution in [1.29, 1.82) is 0 Å². The second-order valence-corrected chi connectivity index (χ2v) is 9.38. The number of hydrogen-bond donors (Lipinski definition) is 0. The Balaban J connectivity index is 1.99. The fourth-order valence-corrected chi connectivity index (χ4v) is 5.28. The SMILES string of the molecule is CCSc1ccccc1C(=O)N(CCN(CC)CC)c1nc2ccc(CC)cc2s1. The summed E-state index contributed by atoms with van der Waals surface area (Å²) >= 11 is 3.32. The lowest BCUT2D eigenvalue weighted by atomic mass is 10.2. The minimum absolute atomic E-state index is 0.0356. The molecule has 0 N–H and O–H groups in total. The lowest BCUT2D eigenvalue weighted by Crippen LogP contribution is -2.39. The van der Waals surface area contributed by atoms with Crippen LogP contribution in [-0.2, 0) is 6.42 Å². The minimum atomic E-state index is 0.0356. The van der Waals surface area contributed by atoms with E-state index in [4.69, 9.17) is 4.98 Å². The second kappa shape index (κ2) is 10.9. The molecule has 0 saturated carbocycles. The molecule has 0 saturated heterocycles. The Bertz CT molecular complexity index is 981. The second-order valence-electron chi connectivity index (χ2n) is 7.06. The molecule has 1 amide bonds. The molecule has 0 radical (unpaired) electrons. The van der Waals surface area contributed by atoms with Gasteiger partial charge in [0.05, 0.1) is 15.8 Å². The summed E-state index contributed by atoms with van der Waals surface area (Å²) in [7, 11) is 0. The standard InChI is InChI=1S/C24H31N3OS2/c1-5-18-13-14-20-22(17-18)30-24(25-20)27(16-15-26(6-2)7-3)23(28)19-11-9-10-12-21(19)29-8-4/h9-14,17H,5-8,15-16H2,1-4H3. The smallest absolute Gasteiger partial charge is 0.261 e. The van der Waals surface area contributed by atoms with E-state index in [2.05, 4.69) is 50.8 Å². The van der Waals surface area contributed by atoms with Crippen LogP contribution in [0.5, 0.6) is 0 Å². The highest BCUT2D eigenvalue weighted by molar-refractivity contribution is 7.99. The van der Waals surface area contributed by atoms with Gasteiger partial charge in [-0.3, -0.25) is 9.69 Å². The van der Waals surface area contributed by atoms with Crippen LogP contribution in [0.4, 0.5) is 5.13 Å². The van der Waals surface area contributed by atoms with Crippen molar-refractivity contribution in [3.05, 3.63) is 53.6 Å². The Labute approximate surface area is 188 Å². The first-order chi connectivity index (χ1) is 14.6. The summed E-state index contributed by atoms with van der Waals surface area (Å²) in [5.41, 5.74) is 3.02. The summed E-state index contributed by atoms with van der Waals surface area (Å²) in [5, 5.41) is 0.784. The van der Waals surface area contributed by atoms with E-state index in [-0.39, 0.29) is 5.91 Å². The van der Waals surface area contributed by atoms with E-state index in [0.29, 0.717) is 6.54 Å². The highest BCUT2D eigenvalue weighted by Crippen LogP contribution is 2.32. The number of fused-ring (bicyclic) bond motifs is 1. The number of aromatic nitrogens is 1. The molecule has 160 valence electrons. The Morgan fingerprint density at radius 2 is 1.80 bits per heavy atom. The fraction of sp³-hybridized carbons (Fsp3) is 0.417. The molecule has 0 aliphatic rings. The Hall–Kier alpha value is -1.89. The van der Waals surface area contributed by atoms with E-state index in [9.17, 15) is 4.79 Å². The largest absolute Gasteiger partial charge is 0.302 e.